The fraction of sp³-hybridized carbons (Fsp3) is 0.833. The standard InChI is InChI=1S/C12H24N2S/c1-4-8-15-9-7-14-6-5-12(13)10(2)11(14)3/h4,10-12H,1,5-9,13H2,2-3H3. The first-order valence-corrected chi connectivity index (χ1v) is 7.00. The van der Waals surface area contributed by atoms with Gasteiger partial charge in [0.25, 0.3) is 0 Å². The van der Waals surface area contributed by atoms with Crippen LogP contribution in [0.3, 0.4) is 0 Å². The molecule has 3 heteroatoms. The Morgan fingerprint density at radius 2 is 2.27 bits per heavy atom. The maximum absolute atomic E-state index is 6.06. The molecule has 2 N–H and O–H groups in total. The predicted octanol–water partition coefficient (Wildman–Crippen LogP) is 1.96. The lowest BCUT2D eigenvalue weighted by Gasteiger charge is -2.41. The molecule has 3 unspecified atom stereocenters. The number of likely N-dealkylation sites (tertiary alicyclic amines) is 1. The van der Waals surface area contributed by atoms with Crippen molar-refractivity contribution in [2.75, 3.05) is 24.6 Å². The SMILES string of the molecule is C=CCSCCN1CCC(N)C(C)C1C. The van der Waals surface area contributed by atoms with E-state index in [1.54, 1.807) is 0 Å². The van der Waals surface area contributed by atoms with E-state index in [0.717, 1.165) is 12.2 Å². The summed E-state index contributed by atoms with van der Waals surface area (Å²) in [6, 6.07) is 1.04. The van der Waals surface area contributed by atoms with Gasteiger partial charge < -0.3 is 5.73 Å². The van der Waals surface area contributed by atoms with Gasteiger partial charge >= 0.3 is 0 Å². The average Bonchev–Trinajstić information content (AvgIpc) is 2.24. The summed E-state index contributed by atoms with van der Waals surface area (Å²) in [6.07, 6.45) is 3.13. The summed E-state index contributed by atoms with van der Waals surface area (Å²) in [5, 5.41) is 0. The third-order valence-corrected chi connectivity index (χ3v) is 4.46. The van der Waals surface area contributed by atoms with Crippen molar-refractivity contribution < 1.29 is 0 Å². The quantitative estimate of drug-likeness (QED) is 0.576. The Morgan fingerprint density at radius 1 is 1.53 bits per heavy atom. The summed E-state index contributed by atoms with van der Waals surface area (Å²) in [4.78, 5) is 2.57. The van der Waals surface area contributed by atoms with Crippen molar-refractivity contribution in [2.24, 2.45) is 11.7 Å². The lowest BCUT2D eigenvalue weighted by atomic mass is 9.88. The van der Waals surface area contributed by atoms with Crippen molar-refractivity contribution >= 4 is 11.8 Å². The fourth-order valence-electron chi connectivity index (χ4n) is 2.14. The van der Waals surface area contributed by atoms with Crippen LogP contribution >= 0.6 is 11.8 Å². The van der Waals surface area contributed by atoms with E-state index in [2.05, 4.69) is 25.3 Å². The molecule has 0 aromatic rings. The van der Waals surface area contributed by atoms with Crippen LogP contribution in [-0.2, 0) is 0 Å². The fourth-order valence-corrected chi connectivity index (χ4v) is 2.83. The molecule has 0 radical (unpaired) electrons. The highest BCUT2D eigenvalue weighted by Gasteiger charge is 2.29. The highest BCUT2D eigenvalue weighted by Crippen LogP contribution is 2.22. The van der Waals surface area contributed by atoms with E-state index in [1.807, 2.05) is 17.8 Å². The molecule has 0 aromatic heterocycles. The van der Waals surface area contributed by atoms with Gasteiger partial charge in [0.05, 0.1) is 0 Å². The number of nitrogens with zero attached hydrogens (tertiary/aromatic N) is 1. The molecule has 15 heavy (non-hydrogen) atoms. The molecule has 0 bridgehead atoms. The van der Waals surface area contributed by atoms with E-state index in [4.69, 9.17) is 5.73 Å². The summed E-state index contributed by atoms with van der Waals surface area (Å²) >= 11 is 1.96. The largest absolute Gasteiger partial charge is 0.327 e. The molecule has 0 amide bonds. The monoisotopic (exact) mass is 228 g/mol. The van der Waals surface area contributed by atoms with Gasteiger partial charge in [-0.1, -0.05) is 13.0 Å². The van der Waals surface area contributed by atoms with Gasteiger partial charge in [0.15, 0.2) is 0 Å². The van der Waals surface area contributed by atoms with Crippen molar-refractivity contribution in [1.82, 2.24) is 4.90 Å². The Morgan fingerprint density at radius 3 is 2.93 bits per heavy atom. The molecule has 0 spiro atoms. The molecule has 0 saturated carbocycles. The zero-order valence-corrected chi connectivity index (χ0v) is 10.8. The second-order valence-corrected chi connectivity index (χ2v) is 5.60. The van der Waals surface area contributed by atoms with Crippen molar-refractivity contribution in [1.29, 1.82) is 0 Å². The Bertz CT molecular complexity index is 196. The van der Waals surface area contributed by atoms with Gasteiger partial charge in [-0.25, -0.2) is 0 Å². The number of rotatable bonds is 5. The van der Waals surface area contributed by atoms with Crippen molar-refractivity contribution in [3.05, 3.63) is 12.7 Å². The third kappa shape index (κ3) is 3.82. The number of hydrogen-bond acceptors (Lipinski definition) is 3. The topological polar surface area (TPSA) is 29.3 Å². The molecule has 0 aromatic carbocycles. The molecular formula is C12H24N2S. The van der Waals surface area contributed by atoms with Gasteiger partial charge in [-0.15, -0.1) is 6.58 Å². The summed E-state index contributed by atoms with van der Waals surface area (Å²) in [5.74, 6) is 2.90. The normalized spacial score (nSPS) is 32.9. The minimum absolute atomic E-state index is 0.400. The average molecular weight is 228 g/mol. The van der Waals surface area contributed by atoms with Gasteiger partial charge in [0, 0.05) is 30.1 Å². The molecule has 1 saturated heterocycles. The van der Waals surface area contributed by atoms with Crippen LogP contribution in [0.5, 0.6) is 0 Å². The summed E-state index contributed by atoms with van der Waals surface area (Å²) in [5.41, 5.74) is 6.06. The molecule has 3 atom stereocenters. The van der Waals surface area contributed by atoms with Crippen molar-refractivity contribution in [3.63, 3.8) is 0 Å². The van der Waals surface area contributed by atoms with Gasteiger partial charge in [0.1, 0.15) is 0 Å². The number of piperidine rings is 1. The Labute approximate surface area is 98.3 Å². The first-order chi connectivity index (χ1) is 7.16. The second-order valence-electron chi connectivity index (χ2n) is 4.45. The maximum atomic E-state index is 6.06. The van der Waals surface area contributed by atoms with Crippen LogP contribution in [0.2, 0.25) is 0 Å². The van der Waals surface area contributed by atoms with Crippen LogP contribution < -0.4 is 5.73 Å². The molecule has 1 rings (SSSR count). The van der Waals surface area contributed by atoms with Gasteiger partial charge in [0.2, 0.25) is 0 Å². The van der Waals surface area contributed by atoms with Crippen molar-refractivity contribution in [3.8, 4) is 0 Å². The molecule has 1 heterocycles. The van der Waals surface area contributed by atoms with Gasteiger partial charge in [-0.2, -0.15) is 11.8 Å². The van der Waals surface area contributed by atoms with Gasteiger partial charge in [-0.3, -0.25) is 4.90 Å². The summed E-state index contributed by atoms with van der Waals surface area (Å²) in [6.45, 7) is 10.7. The maximum Gasteiger partial charge on any atom is 0.0111 e. The molecule has 0 aliphatic carbocycles. The van der Waals surface area contributed by atoms with Crippen LogP contribution in [0.15, 0.2) is 12.7 Å². The van der Waals surface area contributed by atoms with Crippen LogP contribution in [-0.4, -0.2) is 41.6 Å². The minimum Gasteiger partial charge on any atom is -0.327 e. The molecule has 1 aliphatic rings. The second kappa shape index (κ2) is 6.56. The molecular weight excluding hydrogens is 204 g/mol. The smallest absolute Gasteiger partial charge is 0.0111 e. The van der Waals surface area contributed by atoms with Crippen LogP contribution in [0.25, 0.3) is 0 Å². The van der Waals surface area contributed by atoms with E-state index in [9.17, 15) is 0 Å². The minimum atomic E-state index is 0.400. The van der Waals surface area contributed by atoms with E-state index in [1.165, 1.54) is 18.8 Å². The van der Waals surface area contributed by atoms with E-state index in [0.29, 0.717) is 18.0 Å². The number of hydrogen-bond donors (Lipinski definition) is 1. The van der Waals surface area contributed by atoms with Crippen molar-refractivity contribution in [2.45, 2.75) is 32.4 Å². The lowest BCUT2D eigenvalue weighted by Crippen LogP contribution is -2.52. The summed E-state index contributed by atoms with van der Waals surface area (Å²) < 4.78 is 0. The first-order valence-electron chi connectivity index (χ1n) is 5.85. The van der Waals surface area contributed by atoms with E-state index in [-0.39, 0.29) is 0 Å². The lowest BCUT2D eigenvalue weighted by molar-refractivity contribution is 0.105. The van der Waals surface area contributed by atoms with Crippen LogP contribution in [0.4, 0.5) is 0 Å². The Hall–Kier alpha value is 0.01000. The summed E-state index contributed by atoms with van der Waals surface area (Å²) in [7, 11) is 0. The molecule has 88 valence electrons. The predicted molar refractivity (Wildman–Crippen MR) is 70.3 cm³/mol. The third-order valence-electron chi connectivity index (χ3n) is 3.52. The Kier molecular flexibility index (Phi) is 5.72. The van der Waals surface area contributed by atoms with E-state index < -0.39 is 0 Å². The highest BCUT2D eigenvalue weighted by atomic mass is 32.2. The number of thioether (sulfide) groups is 1. The number of nitrogens with two attached hydrogens (primary N) is 1. The molecule has 2 nitrogen and oxygen atoms in total. The van der Waals surface area contributed by atoms with Crippen LogP contribution in [0.1, 0.15) is 20.3 Å². The first kappa shape index (κ1) is 13.1. The zero-order valence-electron chi connectivity index (χ0n) is 9.98. The van der Waals surface area contributed by atoms with Gasteiger partial charge in [-0.05, 0) is 25.8 Å². The highest BCUT2D eigenvalue weighted by molar-refractivity contribution is 7.99. The molecule has 1 aliphatic heterocycles. The zero-order chi connectivity index (χ0) is 11.3. The molecule has 1 fully saturated rings. The van der Waals surface area contributed by atoms with Crippen LogP contribution in [0, 0.1) is 5.92 Å². The Balaban J connectivity index is 2.26. The van der Waals surface area contributed by atoms with E-state index >= 15 is 0 Å².